The minimum Gasteiger partial charge on any atom is -0.395 e. The highest BCUT2D eigenvalue weighted by atomic mass is 16.3. The Labute approximate surface area is 111 Å². The molecule has 1 aliphatic rings. The molecule has 0 spiro atoms. The summed E-state index contributed by atoms with van der Waals surface area (Å²) >= 11 is 0. The largest absolute Gasteiger partial charge is 0.395 e. The monoisotopic (exact) mass is 265 g/mol. The van der Waals surface area contributed by atoms with Crippen LogP contribution in [0, 0.1) is 6.92 Å². The maximum atomic E-state index is 12.2. The Morgan fingerprint density at radius 3 is 2.58 bits per heavy atom. The van der Waals surface area contributed by atoms with Crippen LogP contribution in [-0.2, 0) is 0 Å². The molecule has 1 fully saturated rings. The molecule has 1 aromatic rings. The third-order valence-corrected chi connectivity index (χ3v) is 3.36. The molecule has 1 amide bonds. The van der Waals surface area contributed by atoms with E-state index in [4.69, 9.17) is 5.11 Å². The smallest absolute Gasteiger partial charge is 0.260 e. The number of H-pyrrole nitrogens is 1. The van der Waals surface area contributed by atoms with E-state index in [0.29, 0.717) is 19.6 Å². The van der Waals surface area contributed by atoms with E-state index in [-0.39, 0.29) is 23.6 Å². The number of aryl methyl sites for hydroxylation is 1. The lowest BCUT2D eigenvalue weighted by molar-refractivity contribution is 0.0613. The first-order valence-corrected chi connectivity index (χ1v) is 6.44. The number of β-amino-alcohol motifs (C(OH)–C–C–N with tert-alkyl or cyclic N) is 1. The molecule has 6 nitrogen and oxygen atoms in total. The highest BCUT2D eigenvalue weighted by Gasteiger charge is 2.23. The summed E-state index contributed by atoms with van der Waals surface area (Å²) in [5, 5.41) is 8.87. The quantitative estimate of drug-likeness (QED) is 0.767. The Morgan fingerprint density at radius 1 is 1.32 bits per heavy atom. The number of aromatic nitrogens is 1. The lowest BCUT2D eigenvalue weighted by Gasteiger charge is -2.34. The maximum Gasteiger partial charge on any atom is 0.260 e. The molecule has 2 N–H and O–H groups in total. The van der Waals surface area contributed by atoms with Crippen LogP contribution in [0.1, 0.15) is 16.1 Å². The zero-order chi connectivity index (χ0) is 13.8. The summed E-state index contributed by atoms with van der Waals surface area (Å²) in [6, 6.07) is 3.31. The molecular formula is C13H19N3O3. The van der Waals surface area contributed by atoms with Gasteiger partial charge in [0.1, 0.15) is 5.56 Å². The Balaban J connectivity index is 2.03. The molecule has 1 aliphatic heterocycles. The SMILES string of the molecule is Cc1ccc(C(=O)N2CCN(CCO)CC2)c(=O)[nH]1. The van der Waals surface area contributed by atoms with Gasteiger partial charge >= 0.3 is 0 Å². The summed E-state index contributed by atoms with van der Waals surface area (Å²) in [5.74, 6) is -0.218. The van der Waals surface area contributed by atoms with Gasteiger partial charge in [0, 0.05) is 38.4 Å². The maximum absolute atomic E-state index is 12.2. The first-order valence-electron chi connectivity index (χ1n) is 6.44. The predicted molar refractivity (Wildman–Crippen MR) is 71.2 cm³/mol. The number of nitrogens with one attached hydrogen (secondary N) is 1. The fraction of sp³-hybridized carbons (Fsp3) is 0.538. The number of carbonyl (C=O) groups excluding carboxylic acids is 1. The summed E-state index contributed by atoms with van der Waals surface area (Å²) in [7, 11) is 0. The highest BCUT2D eigenvalue weighted by molar-refractivity contribution is 5.93. The Kier molecular flexibility index (Phi) is 4.34. The number of carbonyl (C=O) groups is 1. The van der Waals surface area contributed by atoms with Crippen molar-refractivity contribution in [1.29, 1.82) is 0 Å². The highest BCUT2D eigenvalue weighted by Crippen LogP contribution is 2.06. The zero-order valence-corrected chi connectivity index (χ0v) is 11.1. The third kappa shape index (κ3) is 3.21. The van der Waals surface area contributed by atoms with Gasteiger partial charge in [0.2, 0.25) is 0 Å². The van der Waals surface area contributed by atoms with Gasteiger partial charge in [-0.15, -0.1) is 0 Å². The van der Waals surface area contributed by atoms with E-state index < -0.39 is 0 Å². The first-order chi connectivity index (χ1) is 9.11. The summed E-state index contributed by atoms with van der Waals surface area (Å²) in [4.78, 5) is 30.4. The van der Waals surface area contributed by atoms with Gasteiger partial charge in [-0.1, -0.05) is 0 Å². The molecule has 2 rings (SSSR count). The Morgan fingerprint density at radius 2 is 2.00 bits per heavy atom. The van der Waals surface area contributed by atoms with Crippen LogP contribution in [0.5, 0.6) is 0 Å². The van der Waals surface area contributed by atoms with Gasteiger partial charge < -0.3 is 15.0 Å². The molecule has 0 aliphatic carbocycles. The van der Waals surface area contributed by atoms with Crippen LogP contribution in [0.2, 0.25) is 0 Å². The average molecular weight is 265 g/mol. The average Bonchev–Trinajstić information content (AvgIpc) is 2.39. The molecule has 1 aromatic heterocycles. The topological polar surface area (TPSA) is 76.6 Å². The minimum absolute atomic E-state index is 0.131. The van der Waals surface area contributed by atoms with Gasteiger partial charge in [0.05, 0.1) is 6.61 Å². The van der Waals surface area contributed by atoms with Crippen LogP contribution >= 0.6 is 0 Å². The van der Waals surface area contributed by atoms with Gasteiger partial charge in [-0.2, -0.15) is 0 Å². The Bertz CT molecular complexity index is 504. The van der Waals surface area contributed by atoms with E-state index >= 15 is 0 Å². The van der Waals surface area contributed by atoms with Gasteiger partial charge in [0.25, 0.3) is 11.5 Å². The summed E-state index contributed by atoms with van der Waals surface area (Å²) in [6.45, 7) is 5.19. The second-order valence-corrected chi connectivity index (χ2v) is 4.74. The second kappa shape index (κ2) is 5.99. The third-order valence-electron chi connectivity index (χ3n) is 3.36. The minimum atomic E-state index is -0.331. The van der Waals surface area contributed by atoms with Gasteiger partial charge in [0.15, 0.2) is 0 Å². The number of nitrogens with zero attached hydrogens (tertiary/aromatic N) is 2. The fourth-order valence-electron chi connectivity index (χ4n) is 2.23. The molecule has 0 saturated carbocycles. The summed E-state index contributed by atoms with van der Waals surface area (Å²) < 4.78 is 0. The van der Waals surface area contributed by atoms with Gasteiger partial charge in [-0.05, 0) is 19.1 Å². The van der Waals surface area contributed by atoms with Crippen molar-refractivity contribution in [1.82, 2.24) is 14.8 Å². The number of aliphatic hydroxyl groups is 1. The van der Waals surface area contributed by atoms with E-state index in [0.717, 1.165) is 18.8 Å². The first kappa shape index (κ1) is 13.8. The molecule has 2 heterocycles. The van der Waals surface area contributed by atoms with Crippen molar-refractivity contribution in [3.05, 3.63) is 33.7 Å². The zero-order valence-electron chi connectivity index (χ0n) is 11.1. The molecule has 0 unspecified atom stereocenters. The lowest BCUT2D eigenvalue weighted by atomic mass is 10.2. The molecule has 0 radical (unpaired) electrons. The summed E-state index contributed by atoms with van der Waals surface area (Å²) in [5.41, 5.74) is 0.610. The number of rotatable bonds is 3. The van der Waals surface area contributed by atoms with Crippen molar-refractivity contribution in [2.24, 2.45) is 0 Å². The van der Waals surface area contributed by atoms with Crippen molar-refractivity contribution in [2.75, 3.05) is 39.3 Å². The van der Waals surface area contributed by atoms with Crippen LogP contribution in [0.4, 0.5) is 0 Å². The van der Waals surface area contributed by atoms with Crippen LogP contribution in [0.25, 0.3) is 0 Å². The van der Waals surface area contributed by atoms with Crippen molar-refractivity contribution in [3.8, 4) is 0 Å². The van der Waals surface area contributed by atoms with Crippen molar-refractivity contribution in [2.45, 2.75) is 6.92 Å². The van der Waals surface area contributed by atoms with Crippen LogP contribution < -0.4 is 5.56 Å². The standard InChI is InChI=1S/C13H19N3O3/c1-10-2-3-11(12(18)14-10)13(19)16-6-4-15(5-7-16)8-9-17/h2-3,17H,4-9H2,1H3,(H,14,18). The molecule has 6 heteroatoms. The van der Waals surface area contributed by atoms with Crippen molar-refractivity contribution in [3.63, 3.8) is 0 Å². The van der Waals surface area contributed by atoms with Gasteiger partial charge in [-0.25, -0.2) is 0 Å². The van der Waals surface area contributed by atoms with Crippen LogP contribution in [-0.4, -0.2) is 65.1 Å². The fourth-order valence-corrected chi connectivity index (χ4v) is 2.23. The number of hydrogen-bond donors (Lipinski definition) is 2. The normalized spacial score (nSPS) is 16.6. The molecule has 19 heavy (non-hydrogen) atoms. The van der Waals surface area contributed by atoms with E-state index in [1.807, 2.05) is 0 Å². The molecular weight excluding hydrogens is 246 g/mol. The van der Waals surface area contributed by atoms with E-state index in [9.17, 15) is 9.59 Å². The molecule has 104 valence electrons. The van der Waals surface area contributed by atoms with Crippen molar-refractivity contribution < 1.29 is 9.90 Å². The number of pyridine rings is 1. The van der Waals surface area contributed by atoms with Crippen LogP contribution in [0.15, 0.2) is 16.9 Å². The van der Waals surface area contributed by atoms with Crippen molar-refractivity contribution >= 4 is 5.91 Å². The van der Waals surface area contributed by atoms with Crippen LogP contribution in [0.3, 0.4) is 0 Å². The number of aromatic amines is 1. The Hall–Kier alpha value is -1.66. The van der Waals surface area contributed by atoms with E-state index in [1.54, 1.807) is 24.0 Å². The second-order valence-electron chi connectivity index (χ2n) is 4.74. The predicted octanol–water partition coefficient (Wildman–Crippen LogP) is -0.567. The molecule has 0 atom stereocenters. The molecule has 0 bridgehead atoms. The number of piperazine rings is 1. The number of hydrogen-bond acceptors (Lipinski definition) is 4. The molecule has 0 aromatic carbocycles. The number of amides is 1. The van der Waals surface area contributed by atoms with Gasteiger partial charge in [-0.3, -0.25) is 14.5 Å². The number of aliphatic hydroxyl groups excluding tert-OH is 1. The van der Waals surface area contributed by atoms with E-state index in [1.165, 1.54) is 0 Å². The lowest BCUT2D eigenvalue weighted by Crippen LogP contribution is -2.50. The van der Waals surface area contributed by atoms with E-state index in [2.05, 4.69) is 9.88 Å². The molecule has 1 saturated heterocycles. The summed E-state index contributed by atoms with van der Waals surface area (Å²) in [6.07, 6.45) is 0.